The van der Waals surface area contributed by atoms with Crippen molar-refractivity contribution >= 4 is 16.8 Å². The average molecular weight is 338 g/mol. The number of ether oxygens (including phenoxy) is 1. The standard InChI is InChI=1S/C19H20N4O2/c1-2-5-17-16(4-1)22(8-7-21-9-12-24-13-10-21)19-20-15(14-23(17)19)18-6-3-11-25-18/h1-6,11,14H,7-10,12-13H2/p+2. The normalized spacial score (nSPS) is 16.2. The SMILES string of the molecule is c1coc(-c2cn3c4ccccc4[n+](CC[NH+]4CCOCC4)c3[nH]2)c1. The summed E-state index contributed by atoms with van der Waals surface area (Å²) in [5.74, 6) is 1.96. The second kappa shape index (κ2) is 6.06. The molecule has 128 valence electrons. The molecule has 0 unspecified atom stereocenters. The molecule has 3 aromatic heterocycles. The summed E-state index contributed by atoms with van der Waals surface area (Å²) in [5.41, 5.74) is 3.47. The van der Waals surface area contributed by atoms with Crippen molar-refractivity contribution in [1.82, 2.24) is 9.38 Å². The number of benzene rings is 1. The number of para-hydroxylation sites is 2. The van der Waals surface area contributed by atoms with Crippen LogP contribution in [0.4, 0.5) is 0 Å². The minimum Gasteiger partial charge on any atom is -0.461 e. The molecule has 1 saturated heterocycles. The third-order valence-corrected chi connectivity index (χ3v) is 5.10. The summed E-state index contributed by atoms with van der Waals surface area (Å²) >= 11 is 0. The van der Waals surface area contributed by atoms with E-state index >= 15 is 0 Å². The lowest BCUT2D eigenvalue weighted by Gasteiger charge is -2.23. The number of nitrogens with zero attached hydrogens (tertiary/aromatic N) is 2. The molecule has 0 amide bonds. The summed E-state index contributed by atoms with van der Waals surface area (Å²) in [4.78, 5) is 5.15. The maximum Gasteiger partial charge on any atom is 0.368 e. The summed E-state index contributed by atoms with van der Waals surface area (Å²) < 4.78 is 15.6. The zero-order valence-electron chi connectivity index (χ0n) is 14.1. The molecule has 0 bridgehead atoms. The third kappa shape index (κ3) is 2.54. The quantitative estimate of drug-likeness (QED) is 0.543. The van der Waals surface area contributed by atoms with Gasteiger partial charge in [-0.15, -0.1) is 0 Å². The van der Waals surface area contributed by atoms with E-state index < -0.39 is 0 Å². The summed E-state index contributed by atoms with van der Waals surface area (Å²) in [6.45, 7) is 6.01. The predicted molar refractivity (Wildman–Crippen MR) is 93.5 cm³/mol. The molecular formula is C19H22N4O2+2. The number of H-pyrrole nitrogens is 1. The van der Waals surface area contributed by atoms with Gasteiger partial charge in [0, 0.05) is 0 Å². The highest BCUT2D eigenvalue weighted by Gasteiger charge is 2.23. The molecule has 1 aliphatic heterocycles. The molecule has 6 nitrogen and oxygen atoms in total. The van der Waals surface area contributed by atoms with E-state index in [0.29, 0.717) is 0 Å². The van der Waals surface area contributed by atoms with Crippen molar-refractivity contribution in [2.24, 2.45) is 0 Å². The number of furan rings is 1. The van der Waals surface area contributed by atoms with E-state index in [0.717, 1.165) is 56.6 Å². The van der Waals surface area contributed by atoms with Crippen molar-refractivity contribution in [1.29, 1.82) is 0 Å². The number of aromatic amines is 1. The Kier molecular flexibility index (Phi) is 3.57. The van der Waals surface area contributed by atoms with Gasteiger partial charge in [-0.1, -0.05) is 12.1 Å². The monoisotopic (exact) mass is 338 g/mol. The van der Waals surface area contributed by atoms with Gasteiger partial charge in [-0.05, 0) is 24.3 Å². The number of hydrogen-bond acceptors (Lipinski definition) is 2. The highest BCUT2D eigenvalue weighted by Crippen LogP contribution is 2.22. The van der Waals surface area contributed by atoms with E-state index in [9.17, 15) is 0 Å². The number of hydrogen-bond donors (Lipinski definition) is 2. The molecule has 4 aromatic rings. The summed E-state index contributed by atoms with van der Waals surface area (Å²) in [6.07, 6.45) is 3.83. The zero-order valence-corrected chi connectivity index (χ0v) is 14.1. The number of imidazole rings is 2. The van der Waals surface area contributed by atoms with E-state index in [-0.39, 0.29) is 0 Å². The van der Waals surface area contributed by atoms with Crippen LogP contribution in [0.15, 0.2) is 53.3 Å². The van der Waals surface area contributed by atoms with Crippen LogP contribution in [-0.2, 0) is 11.3 Å². The first kappa shape index (κ1) is 14.7. The molecule has 6 heteroatoms. The minimum absolute atomic E-state index is 0.859. The lowest BCUT2D eigenvalue weighted by atomic mass is 10.3. The van der Waals surface area contributed by atoms with Crippen LogP contribution in [-0.4, -0.2) is 42.2 Å². The van der Waals surface area contributed by atoms with Gasteiger partial charge >= 0.3 is 5.78 Å². The molecule has 5 rings (SSSR count). The van der Waals surface area contributed by atoms with Crippen LogP contribution in [0.3, 0.4) is 0 Å². The lowest BCUT2D eigenvalue weighted by Crippen LogP contribution is -3.14. The van der Waals surface area contributed by atoms with E-state index in [1.54, 1.807) is 11.2 Å². The number of morpholine rings is 1. The molecule has 0 atom stereocenters. The van der Waals surface area contributed by atoms with Crippen molar-refractivity contribution in [3.63, 3.8) is 0 Å². The van der Waals surface area contributed by atoms with Crippen molar-refractivity contribution in [2.45, 2.75) is 6.54 Å². The molecule has 0 radical (unpaired) electrons. The smallest absolute Gasteiger partial charge is 0.368 e. The Bertz CT molecular complexity index is 993. The first-order chi connectivity index (χ1) is 12.4. The van der Waals surface area contributed by atoms with E-state index in [2.05, 4.69) is 44.4 Å². The van der Waals surface area contributed by atoms with Crippen LogP contribution in [0.25, 0.3) is 28.3 Å². The summed E-state index contributed by atoms with van der Waals surface area (Å²) in [5, 5.41) is 0. The molecule has 25 heavy (non-hydrogen) atoms. The Balaban J connectivity index is 1.56. The third-order valence-electron chi connectivity index (χ3n) is 5.10. The fraction of sp³-hybridized carbons (Fsp3) is 0.316. The van der Waals surface area contributed by atoms with Gasteiger partial charge in [-0.2, -0.15) is 4.40 Å². The number of fused-ring (bicyclic) bond motifs is 3. The largest absolute Gasteiger partial charge is 0.461 e. The Morgan fingerprint density at radius 3 is 2.84 bits per heavy atom. The highest BCUT2D eigenvalue weighted by molar-refractivity contribution is 5.76. The van der Waals surface area contributed by atoms with Crippen LogP contribution in [0.5, 0.6) is 0 Å². The number of rotatable bonds is 4. The van der Waals surface area contributed by atoms with Crippen LogP contribution >= 0.6 is 0 Å². The zero-order chi connectivity index (χ0) is 16.6. The lowest BCUT2D eigenvalue weighted by molar-refractivity contribution is -0.923. The Morgan fingerprint density at radius 2 is 2.00 bits per heavy atom. The molecule has 1 aliphatic rings. The van der Waals surface area contributed by atoms with Crippen molar-refractivity contribution < 1.29 is 18.6 Å². The van der Waals surface area contributed by atoms with Gasteiger partial charge in [0.05, 0.1) is 19.5 Å². The molecule has 2 N–H and O–H groups in total. The van der Waals surface area contributed by atoms with Crippen LogP contribution in [0.1, 0.15) is 0 Å². The van der Waals surface area contributed by atoms with Gasteiger partial charge in [0.2, 0.25) is 0 Å². The Labute approximate surface area is 145 Å². The maximum atomic E-state index is 5.55. The van der Waals surface area contributed by atoms with Gasteiger partial charge < -0.3 is 14.1 Å². The van der Waals surface area contributed by atoms with Crippen molar-refractivity contribution in [3.05, 3.63) is 48.9 Å². The van der Waals surface area contributed by atoms with Gasteiger partial charge in [0.15, 0.2) is 11.5 Å². The van der Waals surface area contributed by atoms with Crippen molar-refractivity contribution in [2.75, 3.05) is 32.8 Å². The Morgan fingerprint density at radius 1 is 1.12 bits per heavy atom. The molecule has 1 fully saturated rings. The fourth-order valence-electron chi connectivity index (χ4n) is 3.76. The Hall–Kier alpha value is -2.57. The maximum absolute atomic E-state index is 5.55. The number of quaternary nitrogens is 1. The number of aromatic nitrogens is 3. The second-order valence-corrected chi connectivity index (χ2v) is 6.59. The fourth-order valence-corrected chi connectivity index (χ4v) is 3.76. The van der Waals surface area contributed by atoms with Crippen LogP contribution in [0.2, 0.25) is 0 Å². The number of nitrogens with one attached hydrogen (secondary N) is 2. The van der Waals surface area contributed by atoms with Gasteiger partial charge in [0.1, 0.15) is 43.4 Å². The first-order valence-electron chi connectivity index (χ1n) is 8.87. The minimum atomic E-state index is 0.859. The van der Waals surface area contributed by atoms with E-state index in [1.807, 2.05) is 12.1 Å². The van der Waals surface area contributed by atoms with E-state index in [1.165, 1.54) is 11.0 Å². The van der Waals surface area contributed by atoms with E-state index in [4.69, 9.17) is 9.15 Å². The first-order valence-corrected chi connectivity index (χ1v) is 8.87. The van der Waals surface area contributed by atoms with Gasteiger partial charge in [0.25, 0.3) is 0 Å². The molecule has 1 aromatic carbocycles. The van der Waals surface area contributed by atoms with Crippen molar-refractivity contribution in [3.8, 4) is 11.5 Å². The average Bonchev–Trinajstić information content (AvgIpc) is 3.37. The second-order valence-electron chi connectivity index (χ2n) is 6.59. The van der Waals surface area contributed by atoms with Gasteiger partial charge in [-0.3, -0.25) is 0 Å². The van der Waals surface area contributed by atoms with Crippen LogP contribution in [0, 0.1) is 0 Å². The summed E-state index contributed by atoms with van der Waals surface area (Å²) in [6, 6.07) is 12.5. The van der Waals surface area contributed by atoms with Crippen LogP contribution < -0.4 is 9.47 Å². The predicted octanol–water partition coefficient (Wildman–Crippen LogP) is 0.883. The molecule has 0 saturated carbocycles. The molecule has 0 spiro atoms. The highest BCUT2D eigenvalue weighted by atomic mass is 16.5. The van der Waals surface area contributed by atoms with Gasteiger partial charge in [-0.25, -0.2) is 9.55 Å². The molecular weight excluding hydrogens is 316 g/mol. The summed E-state index contributed by atoms with van der Waals surface area (Å²) in [7, 11) is 0. The molecule has 0 aliphatic carbocycles. The topological polar surface area (TPSA) is 50.9 Å². The molecule has 4 heterocycles.